The molecular weight excluding hydrogens is 236 g/mol. The highest BCUT2D eigenvalue weighted by Gasteiger charge is 2.09. The molecule has 18 heavy (non-hydrogen) atoms. The van der Waals surface area contributed by atoms with Gasteiger partial charge in [-0.25, -0.2) is 9.59 Å². The minimum Gasteiger partial charge on any atom is -0.497 e. The van der Waals surface area contributed by atoms with Gasteiger partial charge in [-0.05, 0) is 36.8 Å². The second-order valence-corrected chi connectivity index (χ2v) is 3.34. The van der Waals surface area contributed by atoms with Crippen LogP contribution in [0.4, 0.5) is 0 Å². The van der Waals surface area contributed by atoms with Crippen LogP contribution in [0.3, 0.4) is 0 Å². The number of carbonyl (C=O) groups excluding carboxylic acids is 1. The molecule has 0 heterocycles. The number of carboxylic acid groups (broad SMARTS) is 1. The van der Waals surface area contributed by atoms with Gasteiger partial charge in [-0.2, -0.15) is 0 Å². The van der Waals surface area contributed by atoms with Gasteiger partial charge < -0.3 is 14.6 Å². The molecule has 5 heteroatoms. The number of hydrogen-bond acceptors (Lipinski definition) is 4. The summed E-state index contributed by atoms with van der Waals surface area (Å²) < 4.78 is 9.72. The van der Waals surface area contributed by atoms with Crippen LogP contribution in [-0.2, 0) is 9.53 Å². The monoisotopic (exact) mass is 250 g/mol. The fourth-order valence-electron chi connectivity index (χ4n) is 1.35. The van der Waals surface area contributed by atoms with Crippen LogP contribution in [-0.4, -0.2) is 30.8 Å². The molecule has 0 saturated carbocycles. The molecule has 1 aromatic carbocycles. The van der Waals surface area contributed by atoms with Crippen LogP contribution < -0.4 is 4.74 Å². The Balaban J connectivity index is 3.04. The third-order valence-corrected chi connectivity index (χ3v) is 2.17. The Labute approximate surface area is 105 Å². The molecule has 0 unspecified atom stereocenters. The van der Waals surface area contributed by atoms with Gasteiger partial charge in [-0.15, -0.1) is 0 Å². The summed E-state index contributed by atoms with van der Waals surface area (Å²) in [6.07, 6.45) is 2.58. The number of methoxy groups -OCH3 is 1. The molecule has 0 aliphatic rings. The number of ether oxygens (including phenoxy) is 2. The van der Waals surface area contributed by atoms with E-state index in [-0.39, 0.29) is 12.2 Å². The van der Waals surface area contributed by atoms with E-state index in [4.69, 9.17) is 14.6 Å². The molecule has 5 nitrogen and oxygen atoms in total. The Hall–Kier alpha value is -2.30. The first-order valence-electron chi connectivity index (χ1n) is 5.34. The molecule has 0 atom stereocenters. The quantitative estimate of drug-likeness (QED) is 0.639. The minimum absolute atomic E-state index is 0.0938. The van der Waals surface area contributed by atoms with Gasteiger partial charge in [0.2, 0.25) is 0 Å². The zero-order valence-electron chi connectivity index (χ0n) is 10.2. The number of hydrogen-bond donors (Lipinski definition) is 1. The predicted octanol–water partition coefficient (Wildman–Crippen LogP) is 1.97. The second kappa shape index (κ2) is 6.44. The number of aromatic carboxylic acids is 1. The maximum Gasteiger partial charge on any atom is 0.336 e. The Morgan fingerprint density at radius 2 is 2.11 bits per heavy atom. The van der Waals surface area contributed by atoms with E-state index in [0.717, 1.165) is 0 Å². The van der Waals surface area contributed by atoms with Crippen LogP contribution in [0.1, 0.15) is 22.8 Å². The summed E-state index contributed by atoms with van der Waals surface area (Å²) in [4.78, 5) is 22.2. The number of benzene rings is 1. The molecule has 1 N–H and O–H groups in total. The van der Waals surface area contributed by atoms with Crippen molar-refractivity contribution in [1.29, 1.82) is 0 Å². The molecule has 0 spiro atoms. The van der Waals surface area contributed by atoms with Crippen molar-refractivity contribution in [2.45, 2.75) is 6.92 Å². The van der Waals surface area contributed by atoms with Crippen molar-refractivity contribution in [3.63, 3.8) is 0 Å². The molecule has 0 bridgehead atoms. The highest BCUT2D eigenvalue weighted by atomic mass is 16.5. The van der Waals surface area contributed by atoms with E-state index in [1.807, 2.05) is 0 Å². The fourth-order valence-corrected chi connectivity index (χ4v) is 1.35. The fraction of sp³-hybridized carbons (Fsp3) is 0.231. The topological polar surface area (TPSA) is 72.8 Å². The van der Waals surface area contributed by atoms with Gasteiger partial charge in [0.15, 0.2) is 0 Å². The highest BCUT2D eigenvalue weighted by Crippen LogP contribution is 2.19. The van der Waals surface area contributed by atoms with Crippen molar-refractivity contribution >= 4 is 18.0 Å². The summed E-state index contributed by atoms with van der Waals surface area (Å²) in [5.41, 5.74) is 0.478. The Kier molecular flexibility index (Phi) is 4.92. The molecule has 96 valence electrons. The Morgan fingerprint density at radius 1 is 1.39 bits per heavy atom. The Bertz CT molecular complexity index is 476. The van der Waals surface area contributed by atoms with Crippen LogP contribution in [0.2, 0.25) is 0 Å². The van der Waals surface area contributed by atoms with Crippen molar-refractivity contribution in [3.05, 3.63) is 35.4 Å². The van der Waals surface area contributed by atoms with Crippen molar-refractivity contribution in [1.82, 2.24) is 0 Å². The summed E-state index contributed by atoms with van der Waals surface area (Å²) >= 11 is 0. The maximum absolute atomic E-state index is 11.2. The lowest BCUT2D eigenvalue weighted by molar-refractivity contribution is -0.137. The molecule has 0 saturated heterocycles. The lowest BCUT2D eigenvalue weighted by Crippen LogP contribution is -2.02. The number of carbonyl (C=O) groups is 2. The van der Waals surface area contributed by atoms with Gasteiger partial charge in [0.05, 0.1) is 19.3 Å². The zero-order valence-corrected chi connectivity index (χ0v) is 10.2. The second-order valence-electron chi connectivity index (χ2n) is 3.34. The Morgan fingerprint density at radius 3 is 2.67 bits per heavy atom. The average molecular weight is 250 g/mol. The van der Waals surface area contributed by atoms with Gasteiger partial charge in [0, 0.05) is 6.08 Å². The SMILES string of the molecule is CCOC(=O)C=Cc1cc(OC)ccc1C(=O)O. The van der Waals surface area contributed by atoms with Gasteiger partial charge >= 0.3 is 11.9 Å². The van der Waals surface area contributed by atoms with Gasteiger partial charge in [0.25, 0.3) is 0 Å². The molecule has 0 aliphatic heterocycles. The van der Waals surface area contributed by atoms with Crippen LogP contribution in [0, 0.1) is 0 Å². The zero-order chi connectivity index (χ0) is 13.5. The first-order chi connectivity index (χ1) is 8.58. The first kappa shape index (κ1) is 13.8. The predicted molar refractivity (Wildman–Crippen MR) is 65.6 cm³/mol. The van der Waals surface area contributed by atoms with Gasteiger partial charge in [-0.1, -0.05) is 0 Å². The first-order valence-corrected chi connectivity index (χ1v) is 5.34. The van der Waals surface area contributed by atoms with Crippen molar-refractivity contribution in [3.8, 4) is 5.75 Å². The summed E-state index contributed by atoms with van der Waals surface area (Å²) in [6, 6.07) is 4.51. The lowest BCUT2D eigenvalue weighted by Gasteiger charge is -2.04. The third-order valence-electron chi connectivity index (χ3n) is 2.17. The summed E-state index contributed by atoms with van der Waals surface area (Å²) in [5, 5.41) is 9.01. The van der Waals surface area contributed by atoms with Crippen LogP contribution in [0.15, 0.2) is 24.3 Å². The van der Waals surface area contributed by atoms with Gasteiger partial charge in [-0.3, -0.25) is 0 Å². The van der Waals surface area contributed by atoms with E-state index < -0.39 is 11.9 Å². The van der Waals surface area contributed by atoms with Crippen LogP contribution in [0.5, 0.6) is 5.75 Å². The summed E-state index contributed by atoms with van der Waals surface area (Å²) in [5.74, 6) is -1.07. The van der Waals surface area contributed by atoms with E-state index in [0.29, 0.717) is 11.3 Å². The molecule has 0 radical (unpaired) electrons. The molecular formula is C13H14O5. The largest absolute Gasteiger partial charge is 0.497 e. The third kappa shape index (κ3) is 3.62. The molecule has 0 aliphatic carbocycles. The molecule has 1 aromatic rings. The number of carboxylic acids is 1. The molecule has 0 fully saturated rings. The smallest absolute Gasteiger partial charge is 0.336 e. The van der Waals surface area contributed by atoms with E-state index in [1.165, 1.54) is 25.3 Å². The minimum atomic E-state index is -1.07. The summed E-state index contributed by atoms with van der Waals surface area (Å²) in [6.45, 7) is 1.97. The number of esters is 1. The maximum atomic E-state index is 11.2. The highest BCUT2D eigenvalue weighted by molar-refractivity contribution is 5.95. The molecule has 0 amide bonds. The van der Waals surface area contributed by atoms with Crippen LogP contribution >= 0.6 is 0 Å². The van der Waals surface area contributed by atoms with Crippen molar-refractivity contribution in [2.24, 2.45) is 0 Å². The molecule has 1 rings (SSSR count). The summed E-state index contributed by atoms with van der Waals surface area (Å²) in [7, 11) is 1.48. The van der Waals surface area contributed by atoms with E-state index in [1.54, 1.807) is 19.1 Å². The number of rotatable bonds is 5. The van der Waals surface area contributed by atoms with E-state index >= 15 is 0 Å². The van der Waals surface area contributed by atoms with Crippen molar-refractivity contribution in [2.75, 3.05) is 13.7 Å². The van der Waals surface area contributed by atoms with Crippen molar-refractivity contribution < 1.29 is 24.2 Å². The average Bonchev–Trinajstić information content (AvgIpc) is 2.36. The molecule has 0 aromatic heterocycles. The lowest BCUT2D eigenvalue weighted by atomic mass is 10.1. The van der Waals surface area contributed by atoms with Crippen LogP contribution in [0.25, 0.3) is 6.08 Å². The van der Waals surface area contributed by atoms with E-state index in [2.05, 4.69) is 0 Å². The normalized spacial score (nSPS) is 10.3. The van der Waals surface area contributed by atoms with Gasteiger partial charge in [0.1, 0.15) is 5.75 Å². The standard InChI is InChI=1S/C13H14O5/c1-3-18-12(14)7-4-9-8-10(17-2)5-6-11(9)13(15)16/h4-8H,3H2,1-2H3,(H,15,16). The van der Waals surface area contributed by atoms with E-state index in [9.17, 15) is 9.59 Å².